The average Bonchev–Trinajstić information content (AvgIpc) is 2.04. The Morgan fingerprint density at radius 1 is 1.07 bits per heavy atom. The van der Waals surface area contributed by atoms with E-state index in [1.54, 1.807) is 24.3 Å². The number of amides is 1. The second-order valence-electron chi connectivity index (χ2n) is 2.69. The van der Waals surface area contributed by atoms with E-state index in [4.69, 9.17) is 0 Å². The van der Waals surface area contributed by atoms with Crippen molar-refractivity contribution >= 4 is 42.2 Å². The molecule has 0 fully saturated rings. The van der Waals surface area contributed by atoms with E-state index in [0.29, 0.717) is 11.3 Å². The zero-order valence-corrected chi connectivity index (χ0v) is 8.78. The summed E-state index contributed by atoms with van der Waals surface area (Å²) < 4.78 is 0. The number of carbonyl (C=O) groups is 2. The van der Waals surface area contributed by atoms with Crippen molar-refractivity contribution in [2.45, 2.75) is 6.42 Å². The number of Topliss-reactive ketones (excluding diaryl/α,β-unsaturated/α-hetero) is 1. The fourth-order valence-corrected chi connectivity index (χ4v) is 1.27. The molecule has 2 rings (SSSR count). The molecule has 0 aliphatic carbocycles. The number of fused-ring (bicyclic) bond motifs is 1. The summed E-state index contributed by atoms with van der Waals surface area (Å²) >= 11 is 0. The van der Waals surface area contributed by atoms with Crippen LogP contribution in [0.15, 0.2) is 24.3 Å². The maximum absolute atomic E-state index is 11.2. The summed E-state index contributed by atoms with van der Waals surface area (Å²) in [7, 11) is 0. The summed E-state index contributed by atoms with van der Waals surface area (Å²) in [6, 6.07) is 7.02. The van der Waals surface area contributed by atoms with E-state index in [1.807, 2.05) is 0 Å². The molecule has 1 aliphatic heterocycles. The highest BCUT2D eigenvalue weighted by Crippen LogP contribution is 2.21. The van der Waals surface area contributed by atoms with Gasteiger partial charge in [-0.25, -0.2) is 0 Å². The zero-order valence-electron chi connectivity index (χ0n) is 7.15. The Kier molecular flexibility index (Phi) is 4.60. The van der Waals surface area contributed by atoms with Crippen LogP contribution in [-0.4, -0.2) is 11.7 Å². The van der Waals surface area contributed by atoms with Gasteiger partial charge in [0, 0.05) is 5.56 Å². The molecule has 1 aromatic carbocycles. The Morgan fingerprint density at radius 2 is 1.71 bits per heavy atom. The van der Waals surface area contributed by atoms with Crippen LogP contribution in [0, 0.1) is 0 Å². The van der Waals surface area contributed by atoms with E-state index < -0.39 is 0 Å². The molecule has 0 bridgehead atoms. The van der Waals surface area contributed by atoms with Crippen LogP contribution in [0.3, 0.4) is 0 Å². The second-order valence-corrected chi connectivity index (χ2v) is 2.69. The number of rotatable bonds is 0. The minimum Gasteiger partial charge on any atom is -0.325 e. The molecular weight excluding hydrogens is 225 g/mol. The number of ketones is 1. The van der Waals surface area contributed by atoms with Gasteiger partial charge in [-0.05, 0) is 12.1 Å². The first-order chi connectivity index (χ1) is 5.77. The summed E-state index contributed by atoms with van der Waals surface area (Å²) in [6.07, 6.45) is -0.0307. The predicted molar refractivity (Wildman–Crippen MR) is 58.5 cm³/mol. The topological polar surface area (TPSA) is 46.2 Å². The Hall–Kier alpha value is -1.06. The molecular formula is C9H9Cl2NO2. The Balaban J connectivity index is 0.000000845. The van der Waals surface area contributed by atoms with Gasteiger partial charge in [-0.3, -0.25) is 9.59 Å². The number of anilines is 1. The number of hydrogen-bond acceptors (Lipinski definition) is 2. The quantitative estimate of drug-likeness (QED) is 0.698. The number of para-hydroxylation sites is 1. The van der Waals surface area contributed by atoms with E-state index in [1.165, 1.54) is 0 Å². The van der Waals surface area contributed by atoms with Gasteiger partial charge in [-0.2, -0.15) is 0 Å². The van der Waals surface area contributed by atoms with Gasteiger partial charge in [-0.1, -0.05) is 12.1 Å². The highest BCUT2D eigenvalue weighted by Gasteiger charge is 2.21. The first-order valence-corrected chi connectivity index (χ1v) is 3.69. The van der Waals surface area contributed by atoms with Crippen LogP contribution in [0.5, 0.6) is 0 Å². The van der Waals surface area contributed by atoms with Crippen LogP contribution in [-0.2, 0) is 4.79 Å². The summed E-state index contributed by atoms with van der Waals surface area (Å²) in [5, 5.41) is 2.63. The molecule has 0 atom stereocenters. The fourth-order valence-electron chi connectivity index (χ4n) is 1.27. The van der Waals surface area contributed by atoms with E-state index in [2.05, 4.69) is 5.32 Å². The summed E-state index contributed by atoms with van der Waals surface area (Å²) in [6.45, 7) is 0. The van der Waals surface area contributed by atoms with Crippen molar-refractivity contribution in [3.8, 4) is 0 Å². The van der Waals surface area contributed by atoms with Gasteiger partial charge in [-0.15, -0.1) is 24.8 Å². The summed E-state index contributed by atoms with van der Waals surface area (Å²) in [5.41, 5.74) is 1.23. The molecule has 76 valence electrons. The highest BCUT2D eigenvalue weighted by atomic mass is 35.5. The van der Waals surface area contributed by atoms with Crippen LogP contribution in [0.2, 0.25) is 0 Å². The van der Waals surface area contributed by atoms with Gasteiger partial charge in [0.05, 0.1) is 12.1 Å². The maximum Gasteiger partial charge on any atom is 0.232 e. The van der Waals surface area contributed by atoms with Crippen LogP contribution < -0.4 is 5.32 Å². The molecule has 0 saturated heterocycles. The molecule has 0 radical (unpaired) electrons. The minimum absolute atomic E-state index is 0. The van der Waals surface area contributed by atoms with Gasteiger partial charge < -0.3 is 5.32 Å². The average molecular weight is 234 g/mol. The Labute approximate surface area is 93.7 Å². The van der Waals surface area contributed by atoms with E-state index in [9.17, 15) is 9.59 Å². The molecule has 1 heterocycles. The molecule has 14 heavy (non-hydrogen) atoms. The first kappa shape index (κ1) is 12.9. The number of carbonyl (C=O) groups excluding carboxylic acids is 2. The van der Waals surface area contributed by atoms with E-state index >= 15 is 0 Å². The molecule has 5 heteroatoms. The maximum atomic E-state index is 11.2. The van der Waals surface area contributed by atoms with Crippen molar-refractivity contribution in [2.24, 2.45) is 0 Å². The van der Waals surface area contributed by atoms with Gasteiger partial charge in [0.25, 0.3) is 0 Å². The van der Waals surface area contributed by atoms with Crippen molar-refractivity contribution < 1.29 is 9.59 Å². The van der Waals surface area contributed by atoms with Gasteiger partial charge in [0.1, 0.15) is 0 Å². The summed E-state index contributed by atoms with van der Waals surface area (Å²) in [5.74, 6) is -0.326. The largest absolute Gasteiger partial charge is 0.325 e. The highest BCUT2D eigenvalue weighted by molar-refractivity contribution is 6.18. The SMILES string of the molecule is Cl.Cl.O=C1CC(=O)c2ccccc2N1. The first-order valence-electron chi connectivity index (χ1n) is 3.69. The lowest BCUT2D eigenvalue weighted by Crippen LogP contribution is -2.23. The lowest BCUT2D eigenvalue weighted by molar-refractivity contribution is -0.115. The van der Waals surface area contributed by atoms with Crippen molar-refractivity contribution in [3.63, 3.8) is 0 Å². The van der Waals surface area contributed by atoms with Crippen molar-refractivity contribution in [3.05, 3.63) is 29.8 Å². The minimum atomic E-state index is -0.223. The number of benzene rings is 1. The molecule has 1 N–H and O–H groups in total. The van der Waals surface area contributed by atoms with Crippen LogP contribution in [0.1, 0.15) is 16.8 Å². The molecule has 0 aromatic heterocycles. The lowest BCUT2D eigenvalue weighted by atomic mass is 10.0. The third kappa shape index (κ3) is 2.25. The van der Waals surface area contributed by atoms with E-state index in [0.717, 1.165) is 0 Å². The standard InChI is InChI=1S/C9H7NO2.2ClH/c11-8-5-9(12)10-7-4-2-1-3-6(7)8;;/h1-4H,5H2,(H,10,12);2*1H. The third-order valence-corrected chi connectivity index (χ3v) is 1.82. The second kappa shape index (κ2) is 4.98. The van der Waals surface area contributed by atoms with Crippen LogP contribution >= 0.6 is 24.8 Å². The number of halogens is 2. The Morgan fingerprint density at radius 3 is 2.43 bits per heavy atom. The molecule has 0 unspecified atom stereocenters. The van der Waals surface area contributed by atoms with Crippen molar-refractivity contribution in [1.82, 2.24) is 0 Å². The van der Waals surface area contributed by atoms with Gasteiger partial charge in [0.2, 0.25) is 5.91 Å². The number of nitrogens with one attached hydrogen (secondary N) is 1. The van der Waals surface area contributed by atoms with Crippen LogP contribution in [0.4, 0.5) is 5.69 Å². The molecule has 1 amide bonds. The molecule has 1 aromatic rings. The fraction of sp³-hybridized carbons (Fsp3) is 0.111. The zero-order chi connectivity index (χ0) is 8.55. The Bertz CT molecular complexity index is 366. The monoisotopic (exact) mass is 233 g/mol. The van der Waals surface area contributed by atoms with Crippen molar-refractivity contribution in [2.75, 3.05) is 5.32 Å². The van der Waals surface area contributed by atoms with Gasteiger partial charge in [0.15, 0.2) is 5.78 Å². The predicted octanol–water partition coefficient (Wildman–Crippen LogP) is 2.06. The van der Waals surface area contributed by atoms with Crippen LogP contribution in [0.25, 0.3) is 0 Å². The number of hydrogen-bond donors (Lipinski definition) is 1. The third-order valence-electron chi connectivity index (χ3n) is 1.82. The molecule has 0 spiro atoms. The molecule has 0 saturated carbocycles. The van der Waals surface area contributed by atoms with Gasteiger partial charge >= 0.3 is 0 Å². The van der Waals surface area contributed by atoms with E-state index in [-0.39, 0.29) is 42.9 Å². The normalized spacial score (nSPS) is 13.1. The molecule has 3 nitrogen and oxygen atoms in total. The lowest BCUT2D eigenvalue weighted by Gasteiger charge is -2.14. The smallest absolute Gasteiger partial charge is 0.232 e. The summed E-state index contributed by atoms with van der Waals surface area (Å²) in [4.78, 5) is 22.1. The van der Waals surface area contributed by atoms with Crippen molar-refractivity contribution in [1.29, 1.82) is 0 Å². The molecule has 1 aliphatic rings.